The van der Waals surface area contributed by atoms with Gasteiger partial charge in [-0.25, -0.2) is 8.78 Å². The quantitative estimate of drug-likeness (QED) is 0.205. The molecule has 232 valence electrons. The summed E-state index contributed by atoms with van der Waals surface area (Å²) in [5.74, 6) is 1.18. The number of terminal acetylenes is 1. The van der Waals surface area contributed by atoms with E-state index in [1.54, 1.807) is 6.07 Å². The topological polar surface area (TPSA) is 67.7 Å². The van der Waals surface area contributed by atoms with Crippen LogP contribution in [0, 0.1) is 24.0 Å². The van der Waals surface area contributed by atoms with Crippen LogP contribution in [0.25, 0.3) is 32.8 Å². The average Bonchev–Trinajstić information content (AvgIpc) is 3.46. The molecule has 1 aromatic heterocycles. The van der Waals surface area contributed by atoms with E-state index in [0.717, 1.165) is 50.9 Å². The Morgan fingerprint density at radius 1 is 1.02 bits per heavy atom. The lowest BCUT2D eigenvalue weighted by atomic mass is 9.89. The van der Waals surface area contributed by atoms with Crippen molar-refractivity contribution in [2.24, 2.45) is 0 Å². The fraction of sp³-hybridized carbons (Fsp3) is 0.316. The number of rotatable bonds is 5. The van der Waals surface area contributed by atoms with Crippen molar-refractivity contribution in [2.45, 2.75) is 50.1 Å². The van der Waals surface area contributed by atoms with Crippen LogP contribution < -0.4 is 4.74 Å². The number of phenolic OH excluding ortho intramolecular Hbond substituents is 1. The number of nitrogens with zero attached hydrogens (tertiary/aromatic N) is 3. The molecule has 2 saturated heterocycles. The van der Waals surface area contributed by atoms with Crippen LogP contribution in [0.15, 0.2) is 60.7 Å². The van der Waals surface area contributed by atoms with E-state index in [2.05, 4.69) is 35.1 Å². The molecule has 46 heavy (non-hydrogen) atoms. The Labute approximate surface area is 266 Å². The zero-order valence-corrected chi connectivity index (χ0v) is 25.4. The van der Waals surface area contributed by atoms with Gasteiger partial charge in [0, 0.05) is 42.0 Å². The van der Waals surface area contributed by atoms with Crippen LogP contribution in [0.2, 0.25) is 0 Å². The first-order valence-electron chi connectivity index (χ1n) is 15.9. The minimum atomic E-state index is -0.609. The van der Waals surface area contributed by atoms with Crippen LogP contribution >= 0.6 is 0 Å². The van der Waals surface area contributed by atoms with E-state index in [-0.39, 0.29) is 45.4 Å². The fourth-order valence-corrected chi connectivity index (χ4v) is 7.92. The SMILES string of the molecule is C#Cc1c(F)ccc2cc(O)cc(-c3ccc4c(C5CCCOCC5)nc(OCC56CCCN5Cc5ccccc56)nc4c3F)c12. The Kier molecular flexibility index (Phi) is 7.12. The summed E-state index contributed by atoms with van der Waals surface area (Å²) in [7, 11) is 0. The molecular formula is C38H33F2N3O3. The monoisotopic (exact) mass is 617 g/mol. The van der Waals surface area contributed by atoms with E-state index < -0.39 is 11.6 Å². The van der Waals surface area contributed by atoms with Gasteiger partial charge in [-0.3, -0.25) is 4.90 Å². The Balaban J connectivity index is 1.28. The van der Waals surface area contributed by atoms with Crippen LogP contribution in [-0.4, -0.2) is 46.3 Å². The maximum Gasteiger partial charge on any atom is 0.317 e. The number of benzene rings is 4. The molecule has 1 N–H and O–H groups in total. The molecule has 2 fully saturated rings. The van der Waals surface area contributed by atoms with Crippen molar-refractivity contribution in [1.82, 2.24) is 14.9 Å². The molecule has 4 heterocycles. The smallest absolute Gasteiger partial charge is 0.317 e. The highest BCUT2D eigenvalue weighted by Gasteiger charge is 2.48. The second kappa shape index (κ2) is 11.3. The third kappa shape index (κ3) is 4.60. The van der Waals surface area contributed by atoms with Crippen LogP contribution in [0.3, 0.4) is 0 Å². The van der Waals surface area contributed by atoms with E-state index in [9.17, 15) is 9.50 Å². The van der Waals surface area contributed by atoms with Gasteiger partial charge in [-0.1, -0.05) is 48.4 Å². The summed E-state index contributed by atoms with van der Waals surface area (Å²) in [4.78, 5) is 12.1. The van der Waals surface area contributed by atoms with Gasteiger partial charge in [0.2, 0.25) is 0 Å². The van der Waals surface area contributed by atoms with Gasteiger partial charge in [-0.05, 0) is 78.9 Å². The van der Waals surface area contributed by atoms with Gasteiger partial charge in [0.15, 0.2) is 5.82 Å². The predicted octanol–water partition coefficient (Wildman–Crippen LogP) is 7.58. The van der Waals surface area contributed by atoms with E-state index in [4.69, 9.17) is 25.9 Å². The van der Waals surface area contributed by atoms with Gasteiger partial charge in [0.25, 0.3) is 0 Å². The van der Waals surface area contributed by atoms with Crippen LogP contribution in [0.5, 0.6) is 11.8 Å². The summed E-state index contributed by atoms with van der Waals surface area (Å²) in [6.07, 6.45) is 10.2. The lowest BCUT2D eigenvalue weighted by molar-refractivity contribution is 0.0824. The minimum absolute atomic E-state index is 0.00932. The Hall–Kier alpha value is -4.58. The molecule has 0 saturated carbocycles. The summed E-state index contributed by atoms with van der Waals surface area (Å²) in [6, 6.07) is 17.8. The zero-order chi connectivity index (χ0) is 31.4. The first kappa shape index (κ1) is 28.9. The summed E-state index contributed by atoms with van der Waals surface area (Å²) in [6.45, 7) is 3.49. The number of ether oxygens (including phenoxy) is 2. The van der Waals surface area contributed by atoms with E-state index in [0.29, 0.717) is 36.0 Å². The van der Waals surface area contributed by atoms with Crippen LogP contribution in [0.4, 0.5) is 8.78 Å². The first-order chi connectivity index (χ1) is 22.5. The van der Waals surface area contributed by atoms with Crippen molar-refractivity contribution in [3.63, 3.8) is 0 Å². The molecule has 3 aliphatic rings. The summed E-state index contributed by atoms with van der Waals surface area (Å²) in [5.41, 5.74) is 3.61. The molecule has 0 aliphatic carbocycles. The maximum atomic E-state index is 16.9. The molecule has 8 rings (SSSR count). The van der Waals surface area contributed by atoms with Crippen LogP contribution in [0.1, 0.15) is 60.4 Å². The molecule has 0 radical (unpaired) electrons. The van der Waals surface area contributed by atoms with Crippen molar-refractivity contribution in [3.8, 4) is 35.2 Å². The fourth-order valence-electron chi connectivity index (χ4n) is 7.92. The normalized spacial score (nSPS) is 21.2. The van der Waals surface area contributed by atoms with Crippen molar-refractivity contribution in [3.05, 3.63) is 94.7 Å². The molecule has 2 unspecified atom stereocenters. The van der Waals surface area contributed by atoms with Gasteiger partial charge in [0.05, 0.1) is 16.8 Å². The number of hydrogen-bond donors (Lipinski definition) is 1. The molecule has 0 amide bonds. The number of fused-ring (bicyclic) bond motifs is 5. The number of phenols is 1. The van der Waals surface area contributed by atoms with Gasteiger partial charge in [-0.15, -0.1) is 6.42 Å². The van der Waals surface area contributed by atoms with Gasteiger partial charge < -0.3 is 14.6 Å². The van der Waals surface area contributed by atoms with Crippen molar-refractivity contribution in [1.29, 1.82) is 0 Å². The zero-order valence-electron chi connectivity index (χ0n) is 25.4. The molecule has 2 atom stereocenters. The highest BCUT2D eigenvalue weighted by atomic mass is 19.1. The van der Waals surface area contributed by atoms with Gasteiger partial charge in [-0.2, -0.15) is 9.97 Å². The summed E-state index contributed by atoms with van der Waals surface area (Å²) < 4.78 is 44.0. The summed E-state index contributed by atoms with van der Waals surface area (Å²) >= 11 is 0. The molecule has 3 aliphatic heterocycles. The standard InChI is InChI=1S/C38H33F2N3O3/c1-2-27-32(39)13-10-24-19-26(44)20-30(33(24)27)28-11-12-29-35(23-8-5-17-45-18-14-23)41-37(42-36(29)34(28)40)46-22-38-15-6-16-43(38)21-25-7-3-4-9-31(25)38/h1,3-4,7,9-13,19-20,23,44H,5-6,8,14-18,21-22H2. The molecule has 0 spiro atoms. The largest absolute Gasteiger partial charge is 0.508 e. The Morgan fingerprint density at radius 2 is 1.91 bits per heavy atom. The van der Waals surface area contributed by atoms with Crippen LogP contribution in [-0.2, 0) is 16.8 Å². The second-order valence-electron chi connectivity index (χ2n) is 12.6. The Morgan fingerprint density at radius 3 is 2.80 bits per heavy atom. The van der Waals surface area contributed by atoms with E-state index in [1.165, 1.54) is 35.4 Å². The molecular weight excluding hydrogens is 584 g/mol. The number of halogens is 2. The molecule has 4 aromatic carbocycles. The minimum Gasteiger partial charge on any atom is -0.508 e. The number of hydrogen-bond acceptors (Lipinski definition) is 6. The Bertz CT molecular complexity index is 2050. The lowest BCUT2D eigenvalue weighted by Gasteiger charge is -2.32. The molecule has 6 nitrogen and oxygen atoms in total. The van der Waals surface area contributed by atoms with E-state index in [1.807, 2.05) is 6.07 Å². The van der Waals surface area contributed by atoms with Crippen molar-refractivity contribution < 1.29 is 23.4 Å². The summed E-state index contributed by atoms with van der Waals surface area (Å²) in [5, 5.41) is 12.0. The van der Waals surface area contributed by atoms with Crippen molar-refractivity contribution in [2.75, 3.05) is 26.4 Å². The number of aromatic hydroxyl groups is 1. The van der Waals surface area contributed by atoms with Gasteiger partial charge >= 0.3 is 6.01 Å². The highest BCUT2D eigenvalue weighted by Crippen LogP contribution is 2.47. The van der Waals surface area contributed by atoms with Gasteiger partial charge in [0.1, 0.15) is 23.7 Å². The maximum absolute atomic E-state index is 16.9. The predicted molar refractivity (Wildman–Crippen MR) is 173 cm³/mol. The second-order valence-corrected chi connectivity index (χ2v) is 12.6. The first-order valence-corrected chi connectivity index (χ1v) is 15.9. The van der Waals surface area contributed by atoms with Crippen molar-refractivity contribution >= 4 is 21.7 Å². The third-order valence-corrected chi connectivity index (χ3v) is 10.1. The number of aromatic nitrogens is 2. The third-order valence-electron chi connectivity index (χ3n) is 10.1. The molecule has 8 heteroatoms. The molecule has 0 bridgehead atoms. The lowest BCUT2D eigenvalue weighted by Crippen LogP contribution is -2.41. The van der Waals surface area contributed by atoms with E-state index >= 15 is 4.39 Å². The highest BCUT2D eigenvalue weighted by molar-refractivity contribution is 6.03. The molecule has 5 aromatic rings. The average molecular weight is 618 g/mol.